The summed E-state index contributed by atoms with van der Waals surface area (Å²) >= 11 is 0. The van der Waals surface area contributed by atoms with Gasteiger partial charge in [-0.25, -0.2) is 0 Å². The molecule has 1 aromatic rings. The second-order valence-electron chi connectivity index (χ2n) is 3.35. The third kappa shape index (κ3) is 2.39. The summed E-state index contributed by atoms with van der Waals surface area (Å²) in [7, 11) is 1.68. The zero-order chi connectivity index (χ0) is 10.6. The fraction of sp³-hybridized carbons (Fsp3) is 0.455. The van der Waals surface area contributed by atoms with Crippen molar-refractivity contribution in [2.75, 3.05) is 25.5 Å². The van der Waals surface area contributed by atoms with Crippen LogP contribution in [0.3, 0.4) is 0 Å². The molecule has 0 atom stereocenters. The summed E-state index contributed by atoms with van der Waals surface area (Å²) in [5.74, 6) is 0.901. The van der Waals surface area contributed by atoms with Gasteiger partial charge in [0.2, 0.25) is 0 Å². The third-order valence-corrected chi connectivity index (χ3v) is 2.19. The highest BCUT2D eigenvalue weighted by molar-refractivity contribution is 5.59. The molecule has 0 saturated heterocycles. The van der Waals surface area contributed by atoms with Crippen molar-refractivity contribution in [1.29, 1.82) is 0 Å². The van der Waals surface area contributed by atoms with Crippen LogP contribution in [0.15, 0.2) is 12.1 Å². The van der Waals surface area contributed by atoms with E-state index in [1.54, 1.807) is 7.11 Å². The Hall–Kier alpha value is -1.22. The first-order valence-corrected chi connectivity index (χ1v) is 4.78. The summed E-state index contributed by atoms with van der Waals surface area (Å²) < 4.78 is 5.18. The standard InChI is InChI=1S/C11H18N2O/c1-8-6-10(14-3)7-9(2)11(8)13-5-4-12/h6-7,13H,4-5,12H2,1-3H3. The van der Waals surface area contributed by atoms with E-state index in [1.165, 1.54) is 11.1 Å². The number of methoxy groups -OCH3 is 1. The van der Waals surface area contributed by atoms with Gasteiger partial charge in [-0.05, 0) is 37.1 Å². The molecule has 0 aliphatic heterocycles. The highest BCUT2D eigenvalue weighted by Crippen LogP contribution is 2.25. The Kier molecular flexibility index (Phi) is 3.77. The molecule has 0 aliphatic carbocycles. The zero-order valence-corrected chi connectivity index (χ0v) is 9.05. The number of hydrogen-bond donors (Lipinski definition) is 2. The van der Waals surface area contributed by atoms with Crippen LogP contribution < -0.4 is 15.8 Å². The zero-order valence-electron chi connectivity index (χ0n) is 9.05. The predicted molar refractivity (Wildman–Crippen MR) is 60.0 cm³/mol. The van der Waals surface area contributed by atoms with Gasteiger partial charge in [-0.15, -0.1) is 0 Å². The second-order valence-corrected chi connectivity index (χ2v) is 3.35. The van der Waals surface area contributed by atoms with Crippen LogP contribution in [0, 0.1) is 13.8 Å². The van der Waals surface area contributed by atoms with E-state index in [0.717, 1.165) is 18.0 Å². The molecule has 0 spiro atoms. The molecule has 0 unspecified atom stereocenters. The minimum Gasteiger partial charge on any atom is -0.497 e. The van der Waals surface area contributed by atoms with Gasteiger partial charge in [-0.1, -0.05) is 0 Å². The lowest BCUT2D eigenvalue weighted by atomic mass is 10.1. The van der Waals surface area contributed by atoms with Crippen molar-refractivity contribution in [2.24, 2.45) is 5.73 Å². The first-order valence-electron chi connectivity index (χ1n) is 4.78. The molecule has 3 N–H and O–H groups in total. The summed E-state index contributed by atoms with van der Waals surface area (Å²) in [6, 6.07) is 4.04. The number of anilines is 1. The van der Waals surface area contributed by atoms with Gasteiger partial charge in [-0.2, -0.15) is 0 Å². The van der Waals surface area contributed by atoms with Crippen LogP contribution >= 0.6 is 0 Å². The Morgan fingerprint density at radius 1 is 1.29 bits per heavy atom. The molecular weight excluding hydrogens is 176 g/mol. The lowest BCUT2D eigenvalue weighted by Gasteiger charge is -2.13. The number of ether oxygens (including phenoxy) is 1. The normalized spacial score (nSPS) is 10.0. The maximum Gasteiger partial charge on any atom is 0.119 e. The highest BCUT2D eigenvalue weighted by Gasteiger charge is 2.03. The number of hydrogen-bond acceptors (Lipinski definition) is 3. The smallest absolute Gasteiger partial charge is 0.119 e. The summed E-state index contributed by atoms with van der Waals surface area (Å²) in [5, 5.41) is 3.30. The predicted octanol–water partition coefficient (Wildman–Crippen LogP) is 1.68. The first-order chi connectivity index (χ1) is 6.69. The van der Waals surface area contributed by atoms with Crippen LogP contribution in [0.2, 0.25) is 0 Å². The van der Waals surface area contributed by atoms with Gasteiger partial charge < -0.3 is 15.8 Å². The highest BCUT2D eigenvalue weighted by atomic mass is 16.5. The Morgan fingerprint density at radius 2 is 1.86 bits per heavy atom. The number of nitrogens with one attached hydrogen (secondary N) is 1. The fourth-order valence-corrected chi connectivity index (χ4v) is 1.52. The molecule has 14 heavy (non-hydrogen) atoms. The molecule has 0 aromatic heterocycles. The van der Waals surface area contributed by atoms with Crippen LogP contribution in [0.25, 0.3) is 0 Å². The van der Waals surface area contributed by atoms with E-state index in [-0.39, 0.29) is 0 Å². The average Bonchev–Trinajstić information content (AvgIpc) is 2.16. The molecule has 78 valence electrons. The monoisotopic (exact) mass is 194 g/mol. The van der Waals surface area contributed by atoms with Gasteiger partial charge in [0.15, 0.2) is 0 Å². The first kappa shape index (κ1) is 10.9. The van der Waals surface area contributed by atoms with Crippen LogP contribution in [-0.4, -0.2) is 20.2 Å². The van der Waals surface area contributed by atoms with Crippen molar-refractivity contribution < 1.29 is 4.74 Å². The molecule has 1 rings (SSSR count). The van der Waals surface area contributed by atoms with Crippen LogP contribution in [0.1, 0.15) is 11.1 Å². The molecule has 1 aromatic carbocycles. The van der Waals surface area contributed by atoms with Crippen LogP contribution in [-0.2, 0) is 0 Å². The Bertz CT molecular complexity index is 287. The van der Waals surface area contributed by atoms with Crippen LogP contribution in [0.5, 0.6) is 5.75 Å². The Labute approximate surface area is 85.3 Å². The van der Waals surface area contributed by atoms with Crippen LogP contribution in [0.4, 0.5) is 5.69 Å². The SMILES string of the molecule is COc1cc(C)c(NCCN)c(C)c1. The van der Waals surface area contributed by atoms with Crippen molar-refractivity contribution in [2.45, 2.75) is 13.8 Å². The van der Waals surface area contributed by atoms with Crippen molar-refractivity contribution in [3.05, 3.63) is 23.3 Å². The van der Waals surface area contributed by atoms with E-state index in [4.69, 9.17) is 10.5 Å². The topological polar surface area (TPSA) is 47.3 Å². The number of rotatable bonds is 4. The molecule has 0 radical (unpaired) electrons. The van der Waals surface area contributed by atoms with Gasteiger partial charge in [0.1, 0.15) is 5.75 Å². The minimum absolute atomic E-state index is 0.644. The Morgan fingerprint density at radius 3 is 2.29 bits per heavy atom. The van der Waals surface area contributed by atoms with Crippen molar-refractivity contribution in [3.8, 4) is 5.75 Å². The molecule has 0 aliphatic rings. The molecule has 0 bridgehead atoms. The minimum atomic E-state index is 0.644. The molecule has 3 nitrogen and oxygen atoms in total. The van der Waals surface area contributed by atoms with Crippen molar-refractivity contribution >= 4 is 5.69 Å². The summed E-state index contributed by atoms with van der Waals surface area (Å²) in [6.45, 7) is 5.57. The maximum absolute atomic E-state index is 5.45. The van der Waals surface area contributed by atoms with E-state index in [9.17, 15) is 0 Å². The fourth-order valence-electron chi connectivity index (χ4n) is 1.52. The molecule has 0 fully saturated rings. The quantitative estimate of drug-likeness (QED) is 0.766. The summed E-state index contributed by atoms with van der Waals surface area (Å²) in [4.78, 5) is 0. The van der Waals surface area contributed by atoms with Gasteiger partial charge >= 0.3 is 0 Å². The maximum atomic E-state index is 5.45. The van der Waals surface area contributed by atoms with Gasteiger partial charge in [-0.3, -0.25) is 0 Å². The number of nitrogens with two attached hydrogens (primary N) is 1. The lowest BCUT2D eigenvalue weighted by Crippen LogP contribution is -2.14. The van der Waals surface area contributed by atoms with E-state index in [0.29, 0.717) is 6.54 Å². The van der Waals surface area contributed by atoms with E-state index >= 15 is 0 Å². The molecule has 3 heteroatoms. The average molecular weight is 194 g/mol. The van der Waals surface area contributed by atoms with Gasteiger partial charge in [0.05, 0.1) is 7.11 Å². The van der Waals surface area contributed by atoms with Gasteiger partial charge in [0.25, 0.3) is 0 Å². The second kappa shape index (κ2) is 4.86. The Balaban J connectivity index is 2.93. The van der Waals surface area contributed by atoms with E-state index < -0.39 is 0 Å². The molecule has 0 amide bonds. The van der Waals surface area contributed by atoms with Gasteiger partial charge in [0, 0.05) is 18.8 Å². The van der Waals surface area contributed by atoms with Crippen molar-refractivity contribution in [3.63, 3.8) is 0 Å². The summed E-state index contributed by atoms with van der Waals surface area (Å²) in [6.07, 6.45) is 0. The molecule has 0 heterocycles. The number of aryl methyl sites for hydroxylation is 2. The largest absolute Gasteiger partial charge is 0.497 e. The third-order valence-electron chi connectivity index (χ3n) is 2.19. The molecule has 0 saturated carbocycles. The van der Waals surface area contributed by atoms with E-state index in [1.807, 2.05) is 12.1 Å². The van der Waals surface area contributed by atoms with Crippen molar-refractivity contribution in [1.82, 2.24) is 0 Å². The summed E-state index contributed by atoms with van der Waals surface area (Å²) in [5.41, 5.74) is 8.99. The number of benzene rings is 1. The lowest BCUT2D eigenvalue weighted by molar-refractivity contribution is 0.414. The molecular formula is C11H18N2O. The van der Waals surface area contributed by atoms with E-state index in [2.05, 4.69) is 19.2 Å².